The molecule has 0 aromatic carbocycles. The second-order valence-corrected chi connectivity index (χ2v) is 5.79. The lowest BCUT2D eigenvalue weighted by Gasteiger charge is -2.31. The van der Waals surface area contributed by atoms with Gasteiger partial charge < -0.3 is 16.1 Å². The molecule has 3 nitrogen and oxygen atoms in total. The molecular weight excluding hydrogens is 214 g/mol. The molecule has 0 heterocycles. The molecule has 1 atom stereocenters. The maximum Gasteiger partial charge on any atom is 0.0450 e. The van der Waals surface area contributed by atoms with Crippen molar-refractivity contribution in [2.45, 2.75) is 72.6 Å². The van der Waals surface area contributed by atoms with Crippen LogP contribution in [0.3, 0.4) is 0 Å². The van der Waals surface area contributed by atoms with Crippen LogP contribution in [-0.2, 0) is 4.79 Å². The highest BCUT2D eigenvalue weighted by molar-refractivity contribution is 5.68. The number of carbonyl (C=O) groups excluding carboxylic acids is 1. The van der Waals surface area contributed by atoms with Gasteiger partial charge in [-0.2, -0.15) is 0 Å². The molecule has 0 rings (SSSR count). The fraction of sp³-hybridized carbons (Fsp3) is 0.929. The van der Waals surface area contributed by atoms with Crippen molar-refractivity contribution in [1.82, 2.24) is 6.15 Å². The summed E-state index contributed by atoms with van der Waals surface area (Å²) in [4.78, 5) is 11.0. The summed E-state index contributed by atoms with van der Waals surface area (Å²) >= 11 is 0. The Balaban J connectivity index is 0. The van der Waals surface area contributed by atoms with Gasteiger partial charge in [0.15, 0.2) is 0 Å². The van der Waals surface area contributed by atoms with Gasteiger partial charge in [0.25, 0.3) is 0 Å². The smallest absolute Gasteiger partial charge is 0.0450 e. The third kappa shape index (κ3) is 9.16. The van der Waals surface area contributed by atoms with Crippen molar-refractivity contribution >= 4 is 5.97 Å². The maximum atomic E-state index is 11.0. The summed E-state index contributed by atoms with van der Waals surface area (Å²) < 4.78 is 0. The lowest BCUT2D eigenvalue weighted by atomic mass is 9.78. The van der Waals surface area contributed by atoms with Crippen LogP contribution in [0.25, 0.3) is 0 Å². The molecular formula is C14H31NO2. The molecule has 0 spiro atoms. The highest BCUT2D eigenvalue weighted by Crippen LogP contribution is 2.30. The number of quaternary nitrogens is 1. The van der Waals surface area contributed by atoms with Gasteiger partial charge in [-0.25, -0.2) is 0 Å². The molecule has 4 N–H and O–H groups in total. The van der Waals surface area contributed by atoms with Gasteiger partial charge in [-0.05, 0) is 11.8 Å². The summed E-state index contributed by atoms with van der Waals surface area (Å²) in [5, 5.41) is 11.0. The summed E-state index contributed by atoms with van der Waals surface area (Å²) in [6, 6.07) is 0. The van der Waals surface area contributed by atoms with E-state index in [0.717, 1.165) is 19.3 Å². The van der Waals surface area contributed by atoms with Crippen molar-refractivity contribution in [2.75, 3.05) is 0 Å². The largest absolute Gasteiger partial charge is 0.550 e. The first-order valence-electron chi connectivity index (χ1n) is 6.60. The van der Waals surface area contributed by atoms with Crippen LogP contribution in [-0.4, -0.2) is 5.97 Å². The molecule has 0 aromatic heterocycles. The second kappa shape index (κ2) is 9.46. The van der Waals surface area contributed by atoms with Gasteiger partial charge >= 0.3 is 0 Å². The third-order valence-electron chi connectivity index (χ3n) is 3.18. The van der Waals surface area contributed by atoms with Crippen molar-refractivity contribution in [3.63, 3.8) is 0 Å². The molecule has 0 saturated carbocycles. The van der Waals surface area contributed by atoms with E-state index in [4.69, 9.17) is 0 Å². The van der Waals surface area contributed by atoms with Crippen molar-refractivity contribution in [1.29, 1.82) is 0 Å². The van der Waals surface area contributed by atoms with Gasteiger partial charge in [-0.15, -0.1) is 0 Å². The van der Waals surface area contributed by atoms with E-state index in [2.05, 4.69) is 6.92 Å². The zero-order chi connectivity index (χ0) is 12.6. The summed E-state index contributed by atoms with van der Waals surface area (Å²) in [7, 11) is 0. The molecule has 17 heavy (non-hydrogen) atoms. The second-order valence-electron chi connectivity index (χ2n) is 5.79. The topological polar surface area (TPSA) is 76.6 Å². The Morgan fingerprint density at radius 3 is 1.94 bits per heavy atom. The fourth-order valence-corrected chi connectivity index (χ4v) is 2.03. The van der Waals surface area contributed by atoms with E-state index >= 15 is 0 Å². The number of carboxylic acids is 1. The SMILES string of the molecule is CCCCCCCCC(C(=O)[O-])C(C)(C)C.[NH4+]. The predicted octanol–water partition coefficient (Wildman–Crippen LogP) is 3.53. The summed E-state index contributed by atoms with van der Waals surface area (Å²) in [5.74, 6) is -1.19. The number of carboxylic acid groups (broad SMARTS) is 1. The van der Waals surface area contributed by atoms with Crippen LogP contribution in [0.2, 0.25) is 0 Å². The Hall–Kier alpha value is -0.570. The molecule has 0 aliphatic rings. The lowest BCUT2D eigenvalue weighted by Crippen LogP contribution is -2.38. The predicted molar refractivity (Wildman–Crippen MR) is 71.9 cm³/mol. The van der Waals surface area contributed by atoms with Gasteiger partial charge in [0.05, 0.1) is 0 Å². The van der Waals surface area contributed by atoms with Crippen LogP contribution in [0.15, 0.2) is 0 Å². The lowest BCUT2D eigenvalue weighted by molar-refractivity contribution is -0.315. The molecule has 0 aliphatic heterocycles. The van der Waals surface area contributed by atoms with Crippen molar-refractivity contribution in [2.24, 2.45) is 11.3 Å². The van der Waals surface area contributed by atoms with Gasteiger partial charge in [-0.1, -0.05) is 66.2 Å². The molecule has 104 valence electrons. The van der Waals surface area contributed by atoms with Crippen LogP contribution in [0.1, 0.15) is 72.6 Å². The quantitative estimate of drug-likeness (QED) is 0.664. The average Bonchev–Trinajstić information content (AvgIpc) is 2.13. The Kier molecular flexibility index (Phi) is 10.5. The van der Waals surface area contributed by atoms with Crippen molar-refractivity contribution < 1.29 is 9.90 Å². The van der Waals surface area contributed by atoms with Gasteiger partial charge in [0.2, 0.25) is 0 Å². The number of aliphatic carboxylic acids is 1. The van der Waals surface area contributed by atoms with Crippen LogP contribution in [0.5, 0.6) is 0 Å². The first kappa shape index (κ1) is 18.8. The molecule has 0 fully saturated rings. The Morgan fingerprint density at radius 1 is 1.06 bits per heavy atom. The van der Waals surface area contributed by atoms with Crippen molar-refractivity contribution in [3.8, 4) is 0 Å². The van der Waals surface area contributed by atoms with E-state index in [-0.39, 0.29) is 17.5 Å². The minimum absolute atomic E-state index is 0. The zero-order valence-corrected chi connectivity index (χ0v) is 12.3. The monoisotopic (exact) mass is 245 g/mol. The summed E-state index contributed by atoms with van der Waals surface area (Å²) in [6.45, 7) is 8.13. The maximum absolute atomic E-state index is 11.0. The number of carbonyl (C=O) groups is 1. The highest BCUT2D eigenvalue weighted by Gasteiger charge is 2.24. The van der Waals surface area contributed by atoms with Crippen LogP contribution in [0.4, 0.5) is 0 Å². The number of hydrogen-bond acceptors (Lipinski definition) is 2. The molecule has 0 bridgehead atoms. The molecule has 1 unspecified atom stereocenters. The number of rotatable bonds is 8. The van der Waals surface area contributed by atoms with E-state index in [9.17, 15) is 9.90 Å². The first-order valence-corrected chi connectivity index (χ1v) is 6.60. The minimum Gasteiger partial charge on any atom is -0.550 e. The van der Waals surface area contributed by atoms with Gasteiger partial charge in [0, 0.05) is 11.9 Å². The Bertz CT molecular complexity index is 197. The van der Waals surface area contributed by atoms with Gasteiger partial charge in [0.1, 0.15) is 0 Å². The van der Waals surface area contributed by atoms with Crippen LogP contribution < -0.4 is 11.3 Å². The Morgan fingerprint density at radius 2 is 1.53 bits per heavy atom. The number of unbranched alkanes of at least 4 members (excludes halogenated alkanes) is 5. The van der Waals surface area contributed by atoms with Gasteiger partial charge in [-0.3, -0.25) is 0 Å². The molecule has 0 saturated heterocycles. The van der Waals surface area contributed by atoms with E-state index in [1.165, 1.54) is 25.7 Å². The Labute approximate surface area is 107 Å². The first-order chi connectivity index (χ1) is 7.39. The number of hydrogen-bond donors (Lipinski definition) is 1. The average molecular weight is 245 g/mol. The van der Waals surface area contributed by atoms with E-state index < -0.39 is 5.97 Å². The molecule has 0 aliphatic carbocycles. The van der Waals surface area contributed by atoms with E-state index in [0.29, 0.717) is 0 Å². The molecule has 0 aromatic rings. The van der Waals surface area contributed by atoms with E-state index in [1.54, 1.807) is 0 Å². The van der Waals surface area contributed by atoms with E-state index in [1.807, 2.05) is 20.8 Å². The van der Waals surface area contributed by atoms with Crippen LogP contribution >= 0.6 is 0 Å². The molecule has 0 amide bonds. The summed E-state index contributed by atoms with van der Waals surface area (Å²) in [5.41, 5.74) is -0.178. The minimum atomic E-state index is -0.888. The summed E-state index contributed by atoms with van der Waals surface area (Å²) in [6.07, 6.45) is 7.99. The normalized spacial score (nSPS) is 12.9. The molecule has 3 heteroatoms. The molecule has 0 radical (unpaired) electrons. The third-order valence-corrected chi connectivity index (χ3v) is 3.18. The fourth-order valence-electron chi connectivity index (χ4n) is 2.03. The zero-order valence-electron chi connectivity index (χ0n) is 12.3. The highest BCUT2D eigenvalue weighted by atomic mass is 16.4. The van der Waals surface area contributed by atoms with Crippen molar-refractivity contribution in [3.05, 3.63) is 0 Å². The van der Waals surface area contributed by atoms with Crippen LogP contribution in [0, 0.1) is 11.3 Å². The standard InChI is InChI=1S/C14H28O2.H3N/c1-5-6-7-8-9-10-11-12(13(15)16)14(2,3)4;/h12H,5-11H2,1-4H3,(H,15,16);1H3.